The van der Waals surface area contributed by atoms with Gasteiger partial charge in [-0.05, 0) is 50.1 Å². The van der Waals surface area contributed by atoms with Crippen LogP contribution in [0.2, 0.25) is 5.02 Å². The van der Waals surface area contributed by atoms with E-state index in [1.165, 1.54) is 18.1 Å². The van der Waals surface area contributed by atoms with Crippen LogP contribution in [0.3, 0.4) is 0 Å². The molecule has 2 aromatic carbocycles. The van der Waals surface area contributed by atoms with Gasteiger partial charge >= 0.3 is 0 Å². The Labute approximate surface area is 206 Å². The molecule has 0 spiro atoms. The van der Waals surface area contributed by atoms with Crippen LogP contribution in [0, 0.1) is 0 Å². The van der Waals surface area contributed by atoms with Crippen LogP contribution in [0.1, 0.15) is 32.8 Å². The number of rotatable bonds is 11. The highest BCUT2D eigenvalue weighted by Crippen LogP contribution is 2.24. The summed E-state index contributed by atoms with van der Waals surface area (Å²) in [5.41, 5.74) is 1.01. The van der Waals surface area contributed by atoms with E-state index in [4.69, 9.17) is 16.3 Å². The Bertz CT molecular complexity index is 1110. The van der Waals surface area contributed by atoms with E-state index >= 15 is 0 Å². The first-order valence-corrected chi connectivity index (χ1v) is 13.1. The molecule has 2 amide bonds. The van der Waals surface area contributed by atoms with E-state index in [-0.39, 0.29) is 24.2 Å². The van der Waals surface area contributed by atoms with Crippen LogP contribution in [0.5, 0.6) is 5.75 Å². The van der Waals surface area contributed by atoms with Gasteiger partial charge in [0.1, 0.15) is 18.3 Å². The van der Waals surface area contributed by atoms with Gasteiger partial charge in [0.15, 0.2) is 0 Å². The number of ether oxygens (including phenoxy) is 1. The van der Waals surface area contributed by atoms with Crippen LogP contribution in [-0.4, -0.2) is 57.1 Å². The lowest BCUT2D eigenvalue weighted by Gasteiger charge is -2.32. The molecule has 0 fully saturated rings. The lowest BCUT2D eigenvalue weighted by Crippen LogP contribution is -2.52. The van der Waals surface area contributed by atoms with Gasteiger partial charge in [0.2, 0.25) is 21.8 Å². The first-order valence-electron chi connectivity index (χ1n) is 10.9. The number of benzene rings is 2. The lowest BCUT2D eigenvalue weighted by atomic mass is 10.1. The number of anilines is 1. The van der Waals surface area contributed by atoms with Crippen LogP contribution in [-0.2, 0) is 26.2 Å². The van der Waals surface area contributed by atoms with Gasteiger partial charge in [0.05, 0.1) is 19.1 Å². The highest BCUT2D eigenvalue weighted by atomic mass is 35.5. The number of carbonyl (C=O) groups excluding carboxylic acids is 2. The average molecular weight is 510 g/mol. The molecule has 0 saturated heterocycles. The normalized spacial score (nSPS) is 13.0. The van der Waals surface area contributed by atoms with Gasteiger partial charge in [-0.25, -0.2) is 8.42 Å². The second-order valence-corrected chi connectivity index (χ2v) is 10.5. The summed E-state index contributed by atoms with van der Waals surface area (Å²) in [7, 11) is -2.34. The van der Waals surface area contributed by atoms with Gasteiger partial charge in [-0.2, -0.15) is 0 Å². The van der Waals surface area contributed by atoms with E-state index < -0.39 is 28.5 Å². The zero-order valence-corrected chi connectivity index (χ0v) is 21.7. The van der Waals surface area contributed by atoms with Gasteiger partial charge in [-0.1, -0.05) is 36.7 Å². The van der Waals surface area contributed by atoms with E-state index in [0.29, 0.717) is 10.8 Å². The van der Waals surface area contributed by atoms with Crippen molar-refractivity contribution in [2.75, 3.05) is 24.2 Å². The monoisotopic (exact) mass is 509 g/mol. The maximum atomic E-state index is 13.5. The molecule has 0 saturated carbocycles. The van der Waals surface area contributed by atoms with Crippen molar-refractivity contribution in [3.05, 3.63) is 59.1 Å². The summed E-state index contributed by atoms with van der Waals surface area (Å²) in [6.07, 6.45) is 1.76. The van der Waals surface area contributed by atoms with Gasteiger partial charge in [-0.15, -0.1) is 0 Å². The third-order valence-electron chi connectivity index (χ3n) is 5.43. The smallest absolute Gasteiger partial charge is 0.244 e. The van der Waals surface area contributed by atoms with Gasteiger partial charge in [0, 0.05) is 23.7 Å². The minimum absolute atomic E-state index is 0.0672. The lowest BCUT2D eigenvalue weighted by molar-refractivity contribution is -0.139. The number of nitrogens with one attached hydrogen (secondary N) is 1. The van der Waals surface area contributed by atoms with Crippen LogP contribution < -0.4 is 14.4 Å². The van der Waals surface area contributed by atoms with Crippen molar-refractivity contribution in [2.24, 2.45) is 0 Å². The quantitative estimate of drug-likeness (QED) is 0.500. The van der Waals surface area contributed by atoms with Gasteiger partial charge < -0.3 is 15.0 Å². The molecule has 0 aliphatic rings. The van der Waals surface area contributed by atoms with E-state index in [0.717, 1.165) is 22.5 Å². The van der Waals surface area contributed by atoms with Crippen molar-refractivity contribution in [3.8, 4) is 5.75 Å². The summed E-state index contributed by atoms with van der Waals surface area (Å²) in [6, 6.07) is 12.5. The first kappa shape index (κ1) is 27.5. The number of sulfonamides is 1. The molecule has 0 aromatic heterocycles. The third kappa shape index (κ3) is 7.63. The van der Waals surface area contributed by atoms with Crippen molar-refractivity contribution < 1.29 is 22.7 Å². The molecule has 2 atom stereocenters. The number of hydrogen-bond donors (Lipinski definition) is 1. The third-order valence-corrected chi connectivity index (χ3v) is 6.81. The van der Waals surface area contributed by atoms with Crippen LogP contribution in [0.25, 0.3) is 0 Å². The summed E-state index contributed by atoms with van der Waals surface area (Å²) in [5.74, 6) is -0.396. The number of nitrogens with zero attached hydrogens (tertiary/aromatic N) is 2. The molecule has 2 aromatic rings. The molecule has 34 heavy (non-hydrogen) atoms. The Morgan fingerprint density at radius 1 is 1.12 bits per heavy atom. The SMILES string of the molecule is CCC(C)NC(=O)C(C)N(Cc1cccc(Cl)c1)C(=O)CN(c1cccc(OC)c1)S(C)(=O)=O. The average Bonchev–Trinajstić information content (AvgIpc) is 2.79. The fourth-order valence-electron chi connectivity index (χ4n) is 3.26. The molecule has 8 nitrogen and oxygen atoms in total. The number of amides is 2. The Balaban J connectivity index is 2.40. The summed E-state index contributed by atoms with van der Waals surface area (Å²) in [5, 5.41) is 3.38. The van der Waals surface area contributed by atoms with E-state index in [1.807, 2.05) is 13.8 Å². The fraction of sp³-hybridized carbons (Fsp3) is 0.417. The topological polar surface area (TPSA) is 96.0 Å². The maximum Gasteiger partial charge on any atom is 0.244 e. The van der Waals surface area contributed by atoms with Crippen molar-refractivity contribution in [1.82, 2.24) is 10.2 Å². The van der Waals surface area contributed by atoms with Crippen molar-refractivity contribution >= 4 is 39.1 Å². The Morgan fingerprint density at radius 2 is 1.79 bits per heavy atom. The van der Waals surface area contributed by atoms with Crippen molar-refractivity contribution in [1.29, 1.82) is 0 Å². The molecule has 1 N–H and O–H groups in total. The minimum atomic E-state index is -3.81. The molecular formula is C24H32ClN3O5S. The molecule has 10 heteroatoms. The molecule has 0 radical (unpaired) electrons. The van der Waals surface area contributed by atoms with Gasteiger partial charge in [0.25, 0.3) is 0 Å². The first-order chi connectivity index (χ1) is 16.0. The Morgan fingerprint density at radius 3 is 2.38 bits per heavy atom. The Hall–Kier alpha value is -2.78. The van der Waals surface area contributed by atoms with E-state index in [2.05, 4.69) is 5.32 Å². The number of hydrogen-bond acceptors (Lipinski definition) is 5. The molecule has 2 rings (SSSR count). The highest BCUT2D eigenvalue weighted by molar-refractivity contribution is 7.92. The Kier molecular flexibility index (Phi) is 9.76. The number of halogens is 1. The number of methoxy groups -OCH3 is 1. The molecular weight excluding hydrogens is 478 g/mol. The largest absolute Gasteiger partial charge is 0.497 e. The minimum Gasteiger partial charge on any atom is -0.497 e. The summed E-state index contributed by atoms with van der Waals surface area (Å²) in [6.45, 7) is 5.05. The molecule has 186 valence electrons. The molecule has 2 unspecified atom stereocenters. The predicted molar refractivity (Wildman–Crippen MR) is 135 cm³/mol. The number of carbonyl (C=O) groups is 2. The molecule has 0 aliphatic heterocycles. The second-order valence-electron chi connectivity index (χ2n) is 8.12. The molecule has 0 bridgehead atoms. The summed E-state index contributed by atoms with van der Waals surface area (Å²) < 4.78 is 31.4. The van der Waals surface area contributed by atoms with E-state index in [9.17, 15) is 18.0 Å². The summed E-state index contributed by atoms with van der Waals surface area (Å²) >= 11 is 6.11. The van der Waals surface area contributed by atoms with E-state index in [1.54, 1.807) is 49.4 Å². The maximum absolute atomic E-state index is 13.5. The zero-order chi connectivity index (χ0) is 25.5. The van der Waals surface area contributed by atoms with Crippen LogP contribution in [0.4, 0.5) is 5.69 Å². The van der Waals surface area contributed by atoms with Gasteiger partial charge in [-0.3, -0.25) is 13.9 Å². The second kappa shape index (κ2) is 12.1. The molecule has 0 aliphatic carbocycles. The van der Waals surface area contributed by atoms with Crippen LogP contribution in [0.15, 0.2) is 48.5 Å². The zero-order valence-electron chi connectivity index (χ0n) is 20.1. The standard InChI is InChI=1S/C24H32ClN3O5S/c1-6-17(2)26-24(30)18(3)27(15-19-9-7-10-20(25)13-19)23(29)16-28(34(5,31)32)21-11-8-12-22(14-21)33-4/h7-14,17-18H,6,15-16H2,1-5H3,(H,26,30). The highest BCUT2D eigenvalue weighted by Gasteiger charge is 2.30. The predicted octanol–water partition coefficient (Wildman–Crippen LogP) is 3.45. The molecule has 0 heterocycles. The fourth-order valence-corrected chi connectivity index (χ4v) is 4.31. The van der Waals surface area contributed by atoms with Crippen molar-refractivity contribution in [3.63, 3.8) is 0 Å². The summed E-state index contributed by atoms with van der Waals surface area (Å²) in [4.78, 5) is 27.7. The van der Waals surface area contributed by atoms with Crippen LogP contribution >= 0.6 is 11.6 Å². The van der Waals surface area contributed by atoms with Crippen molar-refractivity contribution in [2.45, 2.75) is 45.8 Å².